The molecular weight excluding hydrogens is 379 g/mol. The van der Waals surface area contributed by atoms with Crippen LogP contribution in [0.25, 0.3) is 11.0 Å². The Morgan fingerprint density at radius 1 is 1.00 bits per heavy atom. The van der Waals surface area contributed by atoms with Crippen molar-refractivity contribution in [2.45, 2.75) is 32.0 Å². The summed E-state index contributed by atoms with van der Waals surface area (Å²) in [5, 5.41) is 7.49. The fourth-order valence-electron chi connectivity index (χ4n) is 3.32. The minimum atomic E-state index is -4.52. The summed E-state index contributed by atoms with van der Waals surface area (Å²) in [4.78, 5) is 8.68. The van der Waals surface area contributed by atoms with Crippen molar-refractivity contribution < 1.29 is 22.0 Å². The smallest absolute Gasteiger partial charge is 0.274 e. The van der Waals surface area contributed by atoms with Gasteiger partial charge in [-0.1, -0.05) is 12.1 Å². The molecule has 0 atom stereocenters. The van der Waals surface area contributed by atoms with Crippen LogP contribution in [0.5, 0.6) is 0 Å². The van der Waals surface area contributed by atoms with Crippen molar-refractivity contribution in [1.29, 1.82) is 0 Å². The second-order valence-corrected chi connectivity index (χ2v) is 7.14. The Balaban J connectivity index is 1.95. The Morgan fingerprint density at radius 3 is 2.46 bits per heavy atom. The molecule has 2 aromatic carbocycles. The molecule has 0 unspecified atom stereocenters. The molecule has 0 fully saturated rings. The molecule has 0 amide bonds. The monoisotopic (exact) mass is 392 g/mol. The number of aliphatic imine (C=N–C) groups is 1. The highest BCUT2D eigenvalue weighted by Gasteiger charge is 2.39. The first kappa shape index (κ1) is 18.4. The number of hydrogen-bond acceptors (Lipinski definition) is 4. The van der Waals surface area contributed by atoms with Gasteiger partial charge in [0, 0.05) is 5.56 Å². The highest BCUT2D eigenvalue weighted by atomic mass is 19.4. The van der Waals surface area contributed by atoms with Crippen molar-refractivity contribution in [2.75, 3.05) is 0 Å². The fourth-order valence-corrected chi connectivity index (χ4v) is 3.32. The van der Waals surface area contributed by atoms with Crippen LogP contribution >= 0.6 is 0 Å². The molecule has 4 rings (SSSR count). The number of fused-ring (bicyclic) bond motifs is 2. The molecule has 0 N–H and O–H groups in total. The second-order valence-electron chi connectivity index (χ2n) is 7.14. The molecule has 2 heterocycles. The van der Waals surface area contributed by atoms with Crippen LogP contribution < -0.4 is 0 Å². The summed E-state index contributed by atoms with van der Waals surface area (Å²) in [7, 11) is 0. The van der Waals surface area contributed by atoms with E-state index >= 15 is 0 Å². The second kappa shape index (κ2) is 6.02. The fraction of sp³-hybridized carbons (Fsp3) is 0.263. The average Bonchev–Trinajstić information content (AvgIpc) is 2.62. The lowest BCUT2D eigenvalue weighted by Crippen LogP contribution is -2.32. The number of rotatable bonds is 1. The number of benzene rings is 2. The minimum absolute atomic E-state index is 0.0310. The molecule has 0 radical (unpaired) electrons. The van der Waals surface area contributed by atoms with Gasteiger partial charge in [0.15, 0.2) is 17.2 Å². The first-order valence-electron chi connectivity index (χ1n) is 8.35. The van der Waals surface area contributed by atoms with Crippen molar-refractivity contribution in [3.63, 3.8) is 0 Å². The number of halogens is 5. The van der Waals surface area contributed by atoms with Gasteiger partial charge in [-0.15, -0.1) is 10.2 Å². The van der Waals surface area contributed by atoms with E-state index < -0.39 is 28.9 Å². The maximum Gasteiger partial charge on any atom is 0.416 e. The van der Waals surface area contributed by atoms with Gasteiger partial charge in [-0.05, 0) is 44.0 Å². The van der Waals surface area contributed by atoms with Gasteiger partial charge in [-0.2, -0.15) is 13.2 Å². The van der Waals surface area contributed by atoms with Crippen LogP contribution in [0.3, 0.4) is 0 Å². The van der Waals surface area contributed by atoms with Gasteiger partial charge in [0.2, 0.25) is 5.82 Å². The van der Waals surface area contributed by atoms with Crippen LogP contribution in [0.1, 0.15) is 36.4 Å². The van der Waals surface area contributed by atoms with E-state index in [9.17, 15) is 22.0 Å². The number of alkyl halides is 3. The third-order valence-corrected chi connectivity index (χ3v) is 4.49. The summed E-state index contributed by atoms with van der Waals surface area (Å²) in [6, 6.07) is 5.96. The van der Waals surface area contributed by atoms with E-state index in [0.717, 1.165) is 12.1 Å². The lowest BCUT2D eigenvalue weighted by molar-refractivity contribution is -0.138. The molecule has 3 aromatic rings. The van der Waals surface area contributed by atoms with Crippen molar-refractivity contribution in [1.82, 2.24) is 15.2 Å². The Hall–Kier alpha value is -2.97. The third kappa shape index (κ3) is 3.00. The lowest BCUT2D eigenvalue weighted by atomic mass is 9.83. The predicted molar refractivity (Wildman–Crippen MR) is 92.1 cm³/mol. The molecule has 0 saturated carbocycles. The SMILES string of the molecule is CC1(C)Cc2c(cccc2C(F)(F)F)C(c2nnc3c(F)c(F)ccc3n2)=N1. The normalized spacial score (nSPS) is 16.0. The van der Waals surface area contributed by atoms with Gasteiger partial charge < -0.3 is 0 Å². The van der Waals surface area contributed by atoms with Gasteiger partial charge in [-0.3, -0.25) is 4.99 Å². The Bertz CT molecular complexity index is 1140. The van der Waals surface area contributed by atoms with E-state index in [0.29, 0.717) is 0 Å². The van der Waals surface area contributed by atoms with E-state index in [-0.39, 0.29) is 40.1 Å². The number of aromatic nitrogens is 3. The first-order chi connectivity index (χ1) is 13.1. The summed E-state index contributed by atoms with van der Waals surface area (Å²) >= 11 is 0. The molecule has 0 spiro atoms. The van der Waals surface area contributed by atoms with E-state index in [4.69, 9.17) is 0 Å². The molecule has 0 saturated heterocycles. The van der Waals surface area contributed by atoms with Crippen molar-refractivity contribution in [3.8, 4) is 0 Å². The maximum atomic E-state index is 13.8. The largest absolute Gasteiger partial charge is 0.416 e. The van der Waals surface area contributed by atoms with E-state index in [2.05, 4.69) is 20.2 Å². The quantitative estimate of drug-likeness (QED) is 0.574. The maximum absolute atomic E-state index is 13.8. The first-order valence-corrected chi connectivity index (χ1v) is 8.35. The molecular formula is C19H13F5N4. The Morgan fingerprint density at radius 2 is 1.75 bits per heavy atom. The van der Waals surface area contributed by atoms with Gasteiger partial charge in [0.1, 0.15) is 5.71 Å². The summed E-state index contributed by atoms with van der Waals surface area (Å²) in [6.45, 7) is 3.40. The summed E-state index contributed by atoms with van der Waals surface area (Å²) in [5.74, 6) is -2.32. The summed E-state index contributed by atoms with van der Waals surface area (Å²) in [6.07, 6.45) is -4.44. The number of nitrogens with zero attached hydrogens (tertiary/aromatic N) is 4. The molecule has 4 nitrogen and oxygen atoms in total. The van der Waals surface area contributed by atoms with Crippen LogP contribution in [0.4, 0.5) is 22.0 Å². The molecule has 1 aliphatic heterocycles. The van der Waals surface area contributed by atoms with E-state index in [1.165, 1.54) is 18.2 Å². The zero-order valence-corrected chi connectivity index (χ0v) is 14.8. The summed E-state index contributed by atoms with van der Waals surface area (Å²) in [5.41, 5.74) is -1.43. The standard InChI is InChI=1S/C19H13F5N4/c1-18(2)8-10-9(4-3-5-11(10)19(22,23)24)15(26-18)17-25-13-7-6-12(20)14(21)16(13)27-28-17/h3-7H,8H2,1-2H3. The molecule has 144 valence electrons. The van der Waals surface area contributed by atoms with Gasteiger partial charge in [0.25, 0.3) is 0 Å². The van der Waals surface area contributed by atoms with Crippen LogP contribution in [-0.2, 0) is 12.6 Å². The average molecular weight is 392 g/mol. The van der Waals surface area contributed by atoms with E-state index in [1.807, 2.05) is 0 Å². The van der Waals surface area contributed by atoms with Crippen LogP contribution in [0, 0.1) is 11.6 Å². The Labute approximate surface area is 156 Å². The Kier molecular flexibility index (Phi) is 3.95. The summed E-state index contributed by atoms with van der Waals surface area (Å²) < 4.78 is 67.7. The zero-order valence-electron chi connectivity index (χ0n) is 14.8. The van der Waals surface area contributed by atoms with Crippen molar-refractivity contribution in [2.24, 2.45) is 4.99 Å². The van der Waals surface area contributed by atoms with Crippen LogP contribution in [0.15, 0.2) is 35.3 Å². The number of hydrogen-bond donors (Lipinski definition) is 0. The topological polar surface area (TPSA) is 51.0 Å². The lowest BCUT2D eigenvalue weighted by Gasteiger charge is -2.30. The predicted octanol–water partition coefficient (Wildman–Crippen LogP) is 4.49. The molecule has 0 aliphatic carbocycles. The highest BCUT2D eigenvalue weighted by molar-refractivity contribution is 6.13. The van der Waals surface area contributed by atoms with Crippen LogP contribution in [0.2, 0.25) is 0 Å². The minimum Gasteiger partial charge on any atom is -0.274 e. The van der Waals surface area contributed by atoms with Gasteiger partial charge >= 0.3 is 6.18 Å². The zero-order chi connectivity index (χ0) is 20.3. The highest BCUT2D eigenvalue weighted by Crippen LogP contribution is 2.38. The third-order valence-electron chi connectivity index (χ3n) is 4.49. The molecule has 1 aromatic heterocycles. The molecule has 9 heteroatoms. The van der Waals surface area contributed by atoms with E-state index in [1.54, 1.807) is 13.8 Å². The molecule has 0 bridgehead atoms. The van der Waals surface area contributed by atoms with Gasteiger partial charge in [0.05, 0.1) is 16.6 Å². The van der Waals surface area contributed by atoms with Gasteiger partial charge in [-0.25, -0.2) is 13.8 Å². The molecule has 1 aliphatic rings. The van der Waals surface area contributed by atoms with Crippen molar-refractivity contribution >= 4 is 16.7 Å². The van der Waals surface area contributed by atoms with Crippen molar-refractivity contribution in [3.05, 3.63) is 64.5 Å². The molecule has 28 heavy (non-hydrogen) atoms. The van der Waals surface area contributed by atoms with Crippen LogP contribution in [-0.4, -0.2) is 26.4 Å².